The molecule has 21 heavy (non-hydrogen) atoms. The van der Waals surface area contributed by atoms with Crippen molar-refractivity contribution in [2.24, 2.45) is 0 Å². The topological polar surface area (TPSA) is 48.3 Å². The summed E-state index contributed by atoms with van der Waals surface area (Å²) in [6, 6.07) is 6.33. The molecule has 1 unspecified atom stereocenters. The van der Waals surface area contributed by atoms with E-state index in [4.69, 9.17) is 9.47 Å². The molecule has 5 nitrogen and oxygen atoms in total. The van der Waals surface area contributed by atoms with Gasteiger partial charge in [0, 0.05) is 25.3 Å². The second kappa shape index (κ2) is 6.18. The predicted octanol–water partition coefficient (Wildman–Crippen LogP) is 2.87. The fraction of sp³-hybridized carbons (Fsp3) is 0.438. The highest BCUT2D eigenvalue weighted by molar-refractivity contribution is 5.45. The molecule has 1 aromatic carbocycles. The summed E-state index contributed by atoms with van der Waals surface area (Å²) in [6.07, 6.45) is 4.93. The van der Waals surface area contributed by atoms with Gasteiger partial charge in [-0.1, -0.05) is 13.0 Å². The van der Waals surface area contributed by atoms with E-state index in [1.54, 1.807) is 0 Å². The number of fused-ring (bicyclic) bond motifs is 1. The Morgan fingerprint density at radius 1 is 1.33 bits per heavy atom. The van der Waals surface area contributed by atoms with Gasteiger partial charge in [0.2, 0.25) is 6.79 Å². The highest BCUT2D eigenvalue weighted by Crippen LogP contribution is 2.34. The van der Waals surface area contributed by atoms with E-state index in [9.17, 15) is 0 Å². The van der Waals surface area contributed by atoms with Crippen molar-refractivity contribution in [3.05, 3.63) is 42.0 Å². The third kappa shape index (κ3) is 3.03. The van der Waals surface area contributed by atoms with Crippen molar-refractivity contribution in [2.75, 3.05) is 6.79 Å². The molecule has 0 saturated carbocycles. The van der Waals surface area contributed by atoms with Crippen LogP contribution in [0.5, 0.6) is 11.5 Å². The van der Waals surface area contributed by atoms with Crippen LogP contribution in [0.15, 0.2) is 30.7 Å². The summed E-state index contributed by atoms with van der Waals surface area (Å²) in [7, 11) is 0. The van der Waals surface area contributed by atoms with E-state index >= 15 is 0 Å². The van der Waals surface area contributed by atoms with Crippen LogP contribution < -0.4 is 14.8 Å². The number of benzene rings is 1. The van der Waals surface area contributed by atoms with Gasteiger partial charge in [-0.25, -0.2) is 4.98 Å². The van der Waals surface area contributed by atoms with Crippen molar-refractivity contribution in [3.8, 4) is 11.5 Å². The average Bonchev–Trinajstić information content (AvgIpc) is 3.13. The van der Waals surface area contributed by atoms with Gasteiger partial charge in [0.1, 0.15) is 0 Å². The normalized spacial score (nSPS) is 14.4. The lowest BCUT2D eigenvalue weighted by Gasteiger charge is -2.15. The Labute approximate surface area is 124 Å². The Bertz CT molecular complexity index is 609. The zero-order valence-electron chi connectivity index (χ0n) is 12.5. The first-order chi connectivity index (χ1) is 10.3. The van der Waals surface area contributed by atoms with Gasteiger partial charge in [-0.15, -0.1) is 0 Å². The first-order valence-corrected chi connectivity index (χ1v) is 7.40. The first-order valence-electron chi connectivity index (χ1n) is 7.40. The minimum Gasteiger partial charge on any atom is -0.454 e. The monoisotopic (exact) mass is 287 g/mol. The van der Waals surface area contributed by atoms with Gasteiger partial charge in [-0.2, -0.15) is 0 Å². The molecule has 1 atom stereocenters. The molecular formula is C16H21N3O2. The van der Waals surface area contributed by atoms with E-state index in [1.807, 2.05) is 24.7 Å². The lowest BCUT2D eigenvalue weighted by atomic mass is 10.1. The molecule has 0 amide bonds. The minimum absolute atomic E-state index is 0.240. The van der Waals surface area contributed by atoms with Crippen molar-refractivity contribution < 1.29 is 9.47 Å². The molecule has 1 N–H and O–H groups in total. The van der Waals surface area contributed by atoms with E-state index in [2.05, 4.69) is 34.8 Å². The summed E-state index contributed by atoms with van der Waals surface area (Å²) in [5, 5.41) is 3.53. The minimum atomic E-state index is 0.240. The van der Waals surface area contributed by atoms with Gasteiger partial charge in [0.25, 0.3) is 0 Å². The molecule has 2 heterocycles. The summed E-state index contributed by atoms with van der Waals surface area (Å²) in [4.78, 5) is 4.23. The SMILES string of the molecule is CCCn1cncc1CNC(C)c1ccc2c(c1)OCO2. The van der Waals surface area contributed by atoms with E-state index in [-0.39, 0.29) is 6.04 Å². The Hall–Kier alpha value is -2.01. The number of hydrogen-bond donors (Lipinski definition) is 1. The van der Waals surface area contributed by atoms with Crippen LogP contribution in [-0.4, -0.2) is 16.3 Å². The summed E-state index contributed by atoms with van der Waals surface area (Å²) in [5.41, 5.74) is 2.41. The van der Waals surface area contributed by atoms with Crippen LogP contribution in [0.4, 0.5) is 0 Å². The maximum absolute atomic E-state index is 5.43. The summed E-state index contributed by atoms with van der Waals surface area (Å²) in [5.74, 6) is 1.66. The van der Waals surface area contributed by atoms with Crippen molar-refractivity contribution >= 4 is 0 Å². The standard InChI is InChI=1S/C16H21N3O2/c1-3-6-19-10-17-8-14(19)9-18-12(2)13-4-5-15-16(7-13)21-11-20-15/h4-5,7-8,10,12,18H,3,6,9,11H2,1-2H3. The number of aromatic nitrogens is 2. The van der Waals surface area contributed by atoms with Gasteiger partial charge < -0.3 is 19.4 Å². The number of hydrogen-bond acceptors (Lipinski definition) is 4. The highest BCUT2D eigenvalue weighted by atomic mass is 16.7. The molecule has 0 saturated heterocycles. The number of ether oxygens (including phenoxy) is 2. The van der Waals surface area contributed by atoms with Crippen molar-refractivity contribution in [2.45, 2.75) is 39.4 Å². The number of imidazole rings is 1. The quantitative estimate of drug-likeness (QED) is 0.887. The maximum Gasteiger partial charge on any atom is 0.231 e. The molecule has 0 aliphatic carbocycles. The van der Waals surface area contributed by atoms with Crippen LogP contribution in [-0.2, 0) is 13.1 Å². The summed E-state index contributed by atoms with van der Waals surface area (Å²) >= 11 is 0. The summed E-state index contributed by atoms with van der Waals surface area (Å²) < 4.78 is 13.0. The van der Waals surface area contributed by atoms with E-state index in [0.717, 1.165) is 31.0 Å². The maximum atomic E-state index is 5.43. The Morgan fingerprint density at radius 2 is 2.19 bits per heavy atom. The zero-order chi connectivity index (χ0) is 14.7. The molecular weight excluding hydrogens is 266 g/mol. The van der Waals surface area contributed by atoms with Gasteiger partial charge in [-0.05, 0) is 31.0 Å². The average molecular weight is 287 g/mol. The Kier molecular flexibility index (Phi) is 4.10. The second-order valence-corrected chi connectivity index (χ2v) is 5.29. The van der Waals surface area contributed by atoms with Gasteiger partial charge in [0.15, 0.2) is 11.5 Å². The fourth-order valence-corrected chi connectivity index (χ4v) is 2.50. The zero-order valence-corrected chi connectivity index (χ0v) is 12.5. The largest absolute Gasteiger partial charge is 0.454 e. The molecule has 112 valence electrons. The van der Waals surface area contributed by atoms with Crippen molar-refractivity contribution in [3.63, 3.8) is 0 Å². The van der Waals surface area contributed by atoms with Crippen LogP contribution in [0, 0.1) is 0 Å². The van der Waals surface area contributed by atoms with Crippen LogP contribution in [0.1, 0.15) is 37.6 Å². The summed E-state index contributed by atoms with van der Waals surface area (Å²) in [6.45, 7) is 6.45. The van der Waals surface area contributed by atoms with E-state index < -0.39 is 0 Å². The molecule has 0 fully saturated rings. The molecule has 0 radical (unpaired) electrons. The van der Waals surface area contributed by atoms with Gasteiger partial charge in [0.05, 0.1) is 12.0 Å². The smallest absolute Gasteiger partial charge is 0.231 e. The number of nitrogens with zero attached hydrogens (tertiary/aromatic N) is 2. The second-order valence-electron chi connectivity index (χ2n) is 5.29. The van der Waals surface area contributed by atoms with Crippen LogP contribution in [0.25, 0.3) is 0 Å². The lowest BCUT2D eigenvalue weighted by Crippen LogP contribution is -2.20. The fourth-order valence-electron chi connectivity index (χ4n) is 2.50. The molecule has 1 aliphatic rings. The molecule has 2 aromatic rings. The highest BCUT2D eigenvalue weighted by Gasteiger charge is 2.15. The molecule has 1 aliphatic heterocycles. The molecule has 0 spiro atoms. The van der Waals surface area contributed by atoms with Crippen LogP contribution in [0.3, 0.4) is 0 Å². The van der Waals surface area contributed by atoms with Crippen LogP contribution >= 0.6 is 0 Å². The predicted molar refractivity (Wildman–Crippen MR) is 80.3 cm³/mol. The molecule has 1 aromatic heterocycles. The van der Waals surface area contributed by atoms with Crippen molar-refractivity contribution in [1.82, 2.24) is 14.9 Å². The Balaban J connectivity index is 1.63. The third-order valence-electron chi connectivity index (χ3n) is 3.75. The number of aryl methyl sites for hydroxylation is 1. The Morgan fingerprint density at radius 3 is 3.05 bits per heavy atom. The first kappa shape index (κ1) is 13.9. The number of nitrogens with one attached hydrogen (secondary N) is 1. The number of rotatable bonds is 6. The van der Waals surface area contributed by atoms with Crippen molar-refractivity contribution in [1.29, 1.82) is 0 Å². The molecule has 5 heteroatoms. The van der Waals surface area contributed by atoms with E-state index in [0.29, 0.717) is 6.79 Å². The molecule has 3 rings (SSSR count). The van der Waals surface area contributed by atoms with E-state index in [1.165, 1.54) is 11.3 Å². The van der Waals surface area contributed by atoms with Gasteiger partial charge in [-0.3, -0.25) is 0 Å². The van der Waals surface area contributed by atoms with Crippen LogP contribution in [0.2, 0.25) is 0 Å². The lowest BCUT2D eigenvalue weighted by molar-refractivity contribution is 0.174. The molecule has 0 bridgehead atoms. The third-order valence-corrected chi connectivity index (χ3v) is 3.75. The van der Waals surface area contributed by atoms with Gasteiger partial charge >= 0.3 is 0 Å².